The molecule has 2 atom stereocenters. The number of hydrogen-bond donors (Lipinski definition) is 1. The molecule has 2 nitrogen and oxygen atoms in total. The van der Waals surface area contributed by atoms with Gasteiger partial charge >= 0.3 is 0 Å². The summed E-state index contributed by atoms with van der Waals surface area (Å²) in [5, 5.41) is 3.63. The molecule has 1 N–H and O–H groups in total. The molecule has 96 valence electrons. The minimum Gasteiger partial charge on any atom is -0.496 e. The zero-order valence-electron chi connectivity index (χ0n) is 11.5. The fourth-order valence-corrected chi connectivity index (χ4v) is 2.08. The average Bonchev–Trinajstić information content (AvgIpc) is 2.39. The van der Waals surface area contributed by atoms with E-state index >= 15 is 0 Å². The standard InChI is InChI=1S/C15H25NO/c1-5-11-16-15(12(3)6-2)13-9-7-8-10-14(13)17-4/h7-10,12,15-16H,5-6,11H2,1-4H3. The number of benzene rings is 1. The van der Waals surface area contributed by atoms with Crippen LogP contribution < -0.4 is 10.1 Å². The van der Waals surface area contributed by atoms with Crippen LogP contribution in [0.2, 0.25) is 0 Å². The molecule has 1 rings (SSSR count). The summed E-state index contributed by atoms with van der Waals surface area (Å²) in [5.74, 6) is 1.60. The van der Waals surface area contributed by atoms with E-state index < -0.39 is 0 Å². The molecule has 17 heavy (non-hydrogen) atoms. The first-order chi connectivity index (χ1) is 8.24. The lowest BCUT2D eigenvalue weighted by Crippen LogP contribution is -2.27. The van der Waals surface area contributed by atoms with Crippen molar-refractivity contribution in [3.05, 3.63) is 29.8 Å². The lowest BCUT2D eigenvalue weighted by atomic mass is 9.91. The van der Waals surface area contributed by atoms with Crippen molar-refractivity contribution < 1.29 is 4.74 Å². The fraction of sp³-hybridized carbons (Fsp3) is 0.600. The Bertz CT molecular complexity index is 324. The highest BCUT2D eigenvalue weighted by Crippen LogP contribution is 2.31. The van der Waals surface area contributed by atoms with Gasteiger partial charge in [0.15, 0.2) is 0 Å². The van der Waals surface area contributed by atoms with Gasteiger partial charge in [0.1, 0.15) is 5.75 Å². The Labute approximate surface area is 105 Å². The van der Waals surface area contributed by atoms with Gasteiger partial charge in [-0.15, -0.1) is 0 Å². The third-order valence-corrected chi connectivity index (χ3v) is 3.30. The summed E-state index contributed by atoms with van der Waals surface area (Å²) in [4.78, 5) is 0. The minimum absolute atomic E-state index is 0.385. The quantitative estimate of drug-likeness (QED) is 0.776. The van der Waals surface area contributed by atoms with Crippen molar-refractivity contribution in [2.45, 2.75) is 39.7 Å². The van der Waals surface area contributed by atoms with Crippen LogP contribution in [-0.4, -0.2) is 13.7 Å². The Morgan fingerprint density at radius 2 is 1.94 bits per heavy atom. The summed E-state index contributed by atoms with van der Waals surface area (Å²) in [6.45, 7) is 7.77. The minimum atomic E-state index is 0.385. The van der Waals surface area contributed by atoms with Gasteiger partial charge in [-0.3, -0.25) is 0 Å². The molecule has 0 aromatic heterocycles. The van der Waals surface area contributed by atoms with Gasteiger partial charge in [-0.05, 0) is 24.9 Å². The molecule has 0 aliphatic heterocycles. The van der Waals surface area contributed by atoms with Crippen LogP contribution in [0.15, 0.2) is 24.3 Å². The number of ether oxygens (including phenoxy) is 1. The maximum atomic E-state index is 5.46. The Hall–Kier alpha value is -1.02. The molecule has 0 spiro atoms. The second-order valence-electron chi connectivity index (χ2n) is 4.56. The highest BCUT2D eigenvalue weighted by Gasteiger charge is 2.20. The van der Waals surface area contributed by atoms with Crippen molar-refractivity contribution in [1.29, 1.82) is 0 Å². The summed E-state index contributed by atoms with van der Waals surface area (Å²) in [7, 11) is 1.74. The predicted octanol–water partition coefficient (Wildman–Crippen LogP) is 3.78. The van der Waals surface area contributed by atoms with Gasteiger partial charge < -0.3 is 10.1 Å². The normalized spacial score (nSPS) is 14.4. The van der Waals surface area contributed by atoms with Crippen LogP contribution in [0.4, 0.5) is 0 Å². The van der Waals surface area contributed by atoms with Gasteiger partial charge in [-0.1, -0.05) is 45.4 Å². The fourth-order valence-electron chi connectivity index (χ4n) is 2.08. The molecule has 0 aliphatic rings. The molecule has 0 amide bonds. The van der Waals surface area contributed by atoms with Crippen molar-refractivity contribution in [3.63, 3.8) is 0 Å². The highest BCUT2D eigenvalue weighted by molar-refractivity contribution is 5.36. The molecule has 0 saturated carbocycles. The number of hydrogen-bond acceptors (Lipinski definition) is 2. The Balaban J connectivity index is 2.94. The Morgan fingerprint density at radius 3 is 2.53 bits per heavy atom. The molecule has 1 aromatic rings. The van der Waals surface area contributed by atoms with Crippen LogP contribution in [0.3, 0.4) is 0 Å². The number of nitrogens with one attached hydrogen (secondary N) is 1. The Kier molecular flexibility index (Phi) is 6.06. The van der Waals surface area contributed by atoms with Gasteiger partial charge in [-0.25, -0.2) is 0 Å². The van der Waals surface area contributed by atoms with Crippen LogP contribution in [0.25, 0.3) is 0 Å². The topological polar surface area (TPSA) is 21.3 Å². The molecule has 2 heteroatoms. The van der Waals surface area contributed by atoms with Crippen LogP contribution in [-0.2, 0) is 0 Å². The lowest BCUT2D eigenvalue weighted by molar-refractivity contribution is 0.351. The number of para-hydroxylation sites is 1. The SMILES string of the molecule is CCCNC(c1ccccc1OC)C(C)CC. The smallest absolute Gasteiger partial charge is 0.123 e. The van der Waals surface area contributed by atoms with E-state index in [4.69, 9.17) is 4.74 Å². The maximum Gasteiger partial charge on any atom is 0.123 e. The third-order valence-electron chi connectivity index (χ3n) is 3.30. The van der Waals surface area contributed by atoms with E-state index in [2.05, 4.69) is 38.2 Å². The molecular formula is C15H25NO. The molecule has 0 bridgehead atoms. The molecule has 0 saturated heterocycles. The summed E-state index contributed by atoms with van der Waals surface area (Å²) in [5.41, 5.74) is 1.28. The van der Waals surface area contributed by atoms with Crippen molar-refractivity contribution in [2.75, 3.05) is 13.7 Å². The van der Waals surface area contributed by atoms with Crippen LogP contribution in [0.1, 0.15) is 45.2 Å². The summed E-state index contributed by atoms with van der Waals surface area (Å²) in [6, 6.07) is 8.70. The van der Waals surface area contributed by atoms with Gasteiger partial charge in [0.05, 0.1) is 7.11 Å². The first kappa shape index (κ1) is 14.0. The van der Waals surface area contributed by atoms with Gasteiger partial charge in [0, 0.05) is 11.6 Å². The van der Waals surface area contributed by atoms with E-state index in [9.17, 15) is 0 Å². The summed E-state index contributed by atoms with van der Waals surface area (Å²) < 4.78 is 5.46. The highest BCUT2D eigenvalue weighted by atomic mass is 16.5. The van der Waals surface area contributed by atoms with E-state index in [1.807, 2.05) is 12.1 Å². The largest absolute Gasteiger partial charge is 0.496 e. The van der Waals surface area contributed by atoms with Crippen LogP contribution >= 0.6 is 0 Å². The molecular weight excluding hydrogens is 210 g/mol. The van der Waals surface area contributed by atoms with Crippen molar-refractivity contribution in [3.8, 4) is 5.75 Å². The van der Waals surface area contributed by atoms with E-state index in [-0.39, 0.29) is 0 Å². The second-order valence-corrected chi connectivity index (χ2v) is 4.56. The van der Waals surface area contributed by atoms with Crippen molar-refractivity contribution >= 4 is 0 Å². The Morgan fingerprint density at radius 1 is 1.24 bits per heavy atom. The molecule has 0 heterocycles. The predicted molar refractivity (Wildman–Crippen MR) is 73.5 cm³/mol. The zero-order chi connectivity index (χ0) is 12.7. The van der Waals surface area contributed by atoms with Crippen molar-refractivity contribution in [2.24, 2.45) is 5.92 Å². The number of rotatable bonds is 7. The zero-order valence-corrected chi connectivity index (χ0v) is 11.5. The molecule has 2 unspecified atom stereocenters. The maximum absolute atomic E-state index is 5.46. The molecule has 0 radical (unpaired) electrons. The molecule has 0 fully saturated rings. The van der Waals surface area contributed by atoms with Gasteiger partial charge in [0.2, 0.25) is 0 Å². The van der Waals surface area contributed by atoms with Gasteiger partial charge in [0.25, 0.3) is 0 Å². The van der Waals surface area contributed by atoms with E-state index in [1.54, 1.807) is 7.11 Å². The number of methoxy groups -OCH3 is 1. The average molecular weight is 235 g/mol. The lowest BCUT2D eigenvalue weighted by Gasteiger charge is -2.26. The molecule has 1 aromatic carbocycles. The van der Waals surface area contributed by atoms with Crippen LogP contribution in [0, 0.1) is 5.92 Å². The summed E-state index contributed by atoms with van der Waals surface area (Å²) in [6.07, 6.45) is 2.32. The molecule has 0 aliphatic carbocycles. The first-order valence-corrected chi connectivity index (χ1v) is 6.60. The van der Waals surface area contributed by atoms with E-state index in [0.717, 1.165) is 18.7 Å². The van der Waals surface area contributed by atoms with Gasteiger partial charge in [-0.2, -0.15) is 0 Å². The summed E-state index contributed by atoms with van der Waals surface area (Å²) >= 11 is 0. The van der Waals surface area contributed by atoms with Crippen molar-refractivity contribution in [1.82, 2.24) is 5.32 Å². The van der Waals surface area contributed by atoms with E-state index in [1.165, 1.54) is 12.0 Å². The van der Waals surface area contributed by atoms with E-state index in [0.29, 0.717) is 12.0 Å². The first-order valence-electron chi connectivity index (χ1n) is 6.60. The second kappa shape index (κ2) is 7.33. The van der Waals surface area contributed by atoms with Crippen LogP contribution in [0.5, 0.6) is 5.75 Å². The third kappa shape index (κ3) is 3.74. The monoisotopic (exact) mass is 235 g/mol.